The molecule has 140 valence electrons. The SMILES string of the molecule is COc1cccc(O[C@H](C)C(=O)N[C@@H](C)c2ccc(S(C)(=O)=O)cc2)c1. The first-order valence-corrected chi connectivity index (χ1v) is 10.0. The predicted octanol–water partition coefficient (Wildman–Crippen LogP) is 2.74. The summed E-state index contributed by atoms with van der Waals surface area (Å²) in [5.41, 5.74) is 0.805. The van der Waals surface area contributed by atoms with E-state index in [1.54, 1.807) is 50.4 Å². The number of carbonyl (C=O) groups is 1. The van der Waals surface area contributed by atoms with Crippen LogP contribution < -0.4 is 14.8 Å². The number of carbonyl (C=O) groups excluding carboxylic acids is 1. The van der Waals surface area contributed by atoms with Crippen LogP contribution in [-0.4, -0.2) is 33.8 Å². The zero-order chi connectivity index (χ0) is 19.3. The Hall–Kier alpha value is -2.54. The van der Waals surface area contributed by atoms with Gasteiger partial charge in [-0.25, -0.2) is 8.42 Å². The van der Waals surface area contributed by atoms with Gasteiger partial charge in [0.1, 0.15) is 11.5 Å². The van der Waals surface area contributed by atoms with Crippen LogP contribution in [0.1, 0.15) is 25.5 Å². The molecule has 1 N–H and O–H groups in total. The summed E-state index contributed by atoms with van der Waals surface area (Å²) in [7, 11) is -1.68. The topological polar surface area (TPSA) is 81.7 Å². The first-order valence-electron chi connectivity index (χ1n) is 8.12. The average molecular weight is 377 g/mol. The van der Waals surface area contributed by atoms with Crippen LogP contribution in [-0.2, 0) is 14.6 Å². The molecule has 0 aliphatic heterocycles. The van der Waals surface area contributed by atoms with Gasteiger partial charge < -0.3 is 14.8 Å². The highest BCUT2D eigenvalue weighted by atomic mass is 32.2. The van der Waals surface area contributed by atoms with Crippen LogP contribution in [0.15, 0.2) is 53.4 Å². The van der Waals surface area contributed by atoms with Crippen LogP contribution in [0.2, 0.25) is 0 Å². The fraction of sp³-hybridized carbons (Fsp3) is 0.316. The molecule has 0 heterocycles. The minimum atomic E-state index is -3.24. The lowest BCUT2D eigenvalue weighted by Crippen LogP contribution is -2.37. The molecule has 0 aromatic heterocycles. The lowest BCUT2D eigenvalue weighted by molar-refractivity contribution is -0.127. The molecule has 2 rings (SSSR count). The summed E-state index contributed by atoms with van der Waals surface area (Å²) < 4.78 is 33.8. The third-order valence-corrected chi connectivity index (χ3v) is 5.02. The van der Waals surface area contributed by atoms with E-state index >= 15 is 0 Å². The highest BCUT2D eigenvalue weighted by molar-refractivity contribution is 7.90. The zero-order valence-corrected chi connectivity index (χ0v) is 16.0. The Morgan fingerprint density at radius 3 is 2.23 bits per heavy atom. The van der Waals surface area contributed by atoms with Crippen molar-refractivity contribution in [3.63, 3.8) is 0 Å². The fourth-order valence-electron chi connectivity index (χ4n) is 2.35. The summed E-state index contributed by atoms with van der Waals surface area (Å²) >= 11 is 0. The van der Waals surface area contributed by atoms with Crippen LogP contribution in [0, 0.1) is 0 Å². The van der Waals surface area contributed by atoms with Crippen LogP contribution in [0.25, 0.3) is 0 Å². The van der Waals surface area contributed by atoms with Gasteiger partial charge in [0.15, 0.2) is 15.9 Å². The molecule has 6 nitrogen and oxygen atoms in total. The van der Waals surface area contributed by atoms with E-state index in [9.17, 15) is 13.2 Å². The third kappa shape index (κ3) is 5.23. The average Bonchev–Trinajstić information content (AvgIpc) is 2.61. The van der Waals surface area contributed by atoms with Gasteiger partial charge in [-0.15, -0.1) is 0 Å². The Morgan fingerprint density at radius 1 is 1.04 bits per heavy atom. The molecule has 0 aliphatic rings. The van der Waals surface area contributed by atoms with Gasteiger partial charge in [-0.3, -0.25) is 4.79 Å². The van der Waals surface area contributed by atoms with Crippen LogP contribution in [0.4, 0.5) is 0 Å². The molecule has 0 spiro atoms. The minimum Gasteiger partial charge on any atom is -0.497 e. The Labute approximate surface area is 154 Å². The zero-order valence-electron chi connectivity index (χ0n) is 15.2. The molecular formula is C19H23NO5S. The van der Waals surface area contributed by atoms with Gasteiger partial charge in [0.05, 0.1) is 18.0 Å². The molecule has 0 unspecified atom stereocenters. The number of hydrogen-bond donors (Lipinski definition) is 1. The minimum absolute atomic E-state index is 0.245. The van der Waals surface area contributed by atoms with Gasteiger partial charge >= 0.3 is 0 Å². The molecule has 0 saturated carbocycles. The van der Waals surface area contributed by atoms with Gasteiger partial charge in [-0.05, 0) is 43.7 Å². The maximum absolute atomic E-state index is 12.3. The number of ether oxygens (including phenoxy) is 2. The lowest BCUT2D eigenvalue weighted by Gasteiger charge is -2.19. The molecular weight excluding hydrogens is 354 g/mol. The van der Waals surface area contributed by atoms with Crippen molar-refractivity contribution in [1.29, 1.82) is 0 Å². The highest BCUT2D eigenvalue weighted by Gasteiger charge is 2.18. The molecule has 0 bridgehead atoms. The summed E-state index contributed by atoms with van der Waals surface area (Å²) in [5, 5.41) is 2.86. The van der Waals surface area contributed by atoms with Crippen LogP contribution in [0.3, 0.4) is 0 Å². The van der Waals surface area contributed by atoms with Crippen molar-refractivity contribution in [1.82, 2.24) is 5.32 Å². The normalized spacial score (nSPS) is 13.5. The lowest BCUT2D eigenvalue weighted by atomic mass is 10.1. The number of benzene rings is 2. The van der Waals surface area contributed by atoms with Gasteiger partial charge in [0.25, 0.3) is 5.91 Å². The monoisotopic (exact) mass is 377 g/mol. The van der Waals surface area contributed by atoms with E-state index in [1.807, 2.05) is 6.92 Å². The molecule has 2 aromatic carbocycles. The van der Waals surface area contributed by atoms with Gasteiger partial charge in [0.2, 0.25) is 0 Å². The van der Waals surface area contributed by atoms with Gasteiger partial charge in [-0.2, -0.15) is 0 Å². The Balaban J connectivity index is 1.99. The number of nitrogens with one attached hydrogen (secondary N) is 1. The molecule has 2 atom stereocenters. The molecule has 2 aromatic rings. The largest absolute Gasteiger partial charge is 0.497 e. The van der Waals surface area contributed by atoms with E-state index in [0.29, 0.717) is 11.5 Å². The fourth-order valence-corrected chi connectivity index (χ4v) is 2.98. The second-order valence-electron chi connectivity index (χ2n) is 6.01. The van der Waals surface area contributed by atoms with Crippen molar-refractivity contribution in [2.75, 3.05) is 13.4 Å². The number of sulfone groups is 1. The highest BCUT2D eigenvalue weighted by Crippen LogP contribution is 2.21. The number of hydrogen-bond acceptors (Lipinski definition) is 5. The van der Waals surface area contributed by atoms with Crippen molar-refractivity contribution in [3.8, 4) is 11.5 Å². The summed E-state index contributed by atoms with van der Waals surface area (Å²) in [6, 6.07) is 13.2. The van der Waals surface area contributed by atoms with Crippen molar-refractivity contribution < 1.29 is 22.7 Å². The summed E-state index contributed by atoms with van der Waals surface area (Å²) in [6.07, 6.45) is 0.463. The van der Waals surface area contributed by atoms with Crippen molar-refractivity contribution in [3.05, 3.63) is 54.1 Å². The number of amides is 1. The second kappa shape index (κ2) is 8.23. The van der Waals surface area contributed by atoms with Crippen molar-refractivity contribution in [2.24, 2.45) is 0 Å². The van der Waals surface area contributed by atoms with Crippen LogP contribution in [0.5, 0.6) is 11.5 Å². The Kier molecular flexibility index (Phi) is 6.26. The van der Waals surface area contributed by atoms with E-state index in [0.717, 1.165) is 11.8 Å². The number of rotatable bonds is 7. The summed E-state index contributed by atoms with van der Waals surface area (Å²) in [4.78, 5) is 12.6. The quantitative estimate of drug-likeness (QED) is 0.802. The molecule has 0 fully saturated rings. The maximum Gasteiger partial charge on any atom is 0.261 e. The molecule has 1 amide bonds. The molecule has 7 heteroatoms. The van der Waals surface area contributed by atoms with E-state index in [-0.39, 0.29) is 16.8 Å². The van der Waals surface area contributed by atoms with E-state index in [2.05, 4.69) is 5.32 Å². The third-order valence-electron chi connectivity index (χ3n) is 3.89. The van der Waals surface area contributed by atoms with Gasteiger partial charge in [-0.1, -0.05) is 18.2 Å². The molecule has 0 saturated heterocycles. The molecule has 26 heavy (non-hydrogen) atoms. The van der Waals surface area contributed by atoms with E-state index in [1.165, 1.54) is 12.1 Å². The first-order chi connectivity index (χ1) is 12.2. The van der Waals surface area contributed by atoms with Crippen LogP contribution >= 0.6 is 0 Å². The molecule has 0 radical (unpaired) electrons. The van der Waals surface area contributed by atoms with Gasteiger partial charge in [0, 0.05) is 12.3 Å². The van der Waals surface area contributed by atoms with Crippen molar-refractivity contribution in [2.45, 2.75) is 30.9 Å². The second-order valence-corrected chi connectivity index (χ2v) is 8.03. The smallest absolute Gasteiger partial charge is 0.261 e. The summed E-state index contributed by atoms with van der Waals surface area (Å²) in [5.74, 6) is 0.916. The Bertz CT molecular complexity index is 862. The number of methoxy groups -OCH3 is 1. The van der Waals surface area contributed by atoms with E-state index in [4.69, 9.17) is 9.47 Å². The summed E-state index contributed by atoms with van der Waals surface area (Å²) in [6.45, 7) is 3.49. The Morgan fingerprint density at radius 2 is 1.65 bits per heavy atom. The maximum atomic E-state index is 12.3. The predicted molar refractivity (Wildman–Crippen MR) is 99.2 cm³/mol. The van der Waals surface area contributed by atoms with Crippen molar-refractivity contribution >= 4 is 15.7 Å². The van der Waals surface area contributed by atoms with E-state index < -0.39 is 15.9 Å². The first kappa shape index (κ1) is 19.8. The standard InChI is InChI=1S/C19H23NO5S/c1-13(15-8-10-18(11-9-15)26(4,22)23)20-19(21)14(2)25-17-7-5-6-16(12-17)24-3/h5-14H,1-4H3,(H,20,21)/t13-,14+/m0/s1. The molecule has 0 aliphatic carbocycles.